The van der Waals surface area contributed by atoms with Crippen LogP contribution in [0.1, 0.15) is 11.1 Å². The van der Waals surface area contributed by atoms with Crippen molar-refractivity contribution < 1.29 is 9.47 Å². The summed E-state index contributed by atoms with van der Waals surface area (Å²) in [6.45, 7) is 1.19. The molecule has 0 atom stereocenters. The van der Waals surface area contributed by atoms with Gasteiger partial charge in [0.25, 0.3) is 0 Å². The zero-order valence-electron chi connectivity index (χ0n) is 20.3. The Kier molecular flexibility index (Phi) is 6.66. The number of nitrogens with one attached hydrogen (secondary N) is 1. The molecule has 3 N–H and O–H groups in total. The first-order chi connectivity index (χ1) is 17.7. The average Bonchev–Trinajstić information content (AvgIpc) is 3.23. The minimum atomic E-state index is 0.487. The molecule has 5 rings (SSSR count). The topological polar surface area (TPSA) is 100 Å². The van der Waals surface area contributed by atoms with Crippen LogP contribution in [0.25, 0.3) is 22.3 Å². The molecule has 0 unspecified atom stereocenters. The molecule has 36 heavy (non-hydrogen) atoms. The summed E-state index contributed by atoms with van der Waals surface area (Å²) in [5.41, 5.74) is 10.9. The lowest BCUT2D eigenvalue weighted by Gasteiger charge is -2.11. The van der Waals surface area contributed by atoms with E-state index >= 15 is 0 Å². The Labute approximate surface area is 209 Å². The summed E-state index contributed by atoms with van der Waals surface area (Å²) in [7, 11) is 3.31. The van der Waals surface area contributed by atoms with Crippen molar-refractivity contribution in [1.29, 1.82) is 0 Å². The normalized spacial score (nSPS) is 10.9. The van der Waals surface area contributed by atoms with Crippen LogP contribution in [-0.2, 0) is 13.0 Å². The maximum Gasteiger partial charge on any atom is 0.225 e. The van der Waals surface area contributed by atoms with Crippen LogP contribution in [0, 0.1) is 0 Å². The second kappa shape index (κ2) is 10.4. The average molecular weight is 481 g/mol. The molecule has 8 heteroatoms. The van der Waals surface area contributed by atoms with Crippen molar-refractivity contribution in [2.45, 2.75) is 13.0 Å². The molecule has 0 spiro atoms. The van der Waals surface area contributed by atoms with Gasteiger partial charge in [0, 0.05) is 12.1 Å². The molecule has 0 aliphatic rings. The Morgan fingerprint density at radius 1 is 0.833 bits per heavy atom. The number of ether oxygens (including phenoxy) is 2. The molecule has 0 amide bonds. The van der Waals surface area contributed by atoms with Crippen molar-refractivity contribution in [2.24, 2.45) is 0 Å². The van der Waals surface area contributed by atoms with Crippen molar-refractivity contribution in [3.05, 3.63) is 90.0 Å². The second-order valence-corrected chi connectivity index (χ2v) is 8.35. The first-order valence-corrected chi connectivity index (χ1v) is 11.7. The lowest BCUT2D eigenvalue weighted by atomic mass is 10.1. The molecule has 0 bridgehead atoms. The predicted molar refractivity (Wildman–Crippen MR) is 142 cm³/mol. The molecule has 0 saturated heterocycles. The Bertz CT molecular complexity index is 1470. The van der Waals surface area contributed by atoms with Crippen molar-refractivity contribution in [1.82, 2.24) is 19.7 Å². The van der Waals surface area contributed by atoms with Gasteiger partial charge in [-0.3, -0.25) is 0 Å². The van der Waals surface area contributed by atoms with E-state index in [1.54, 1.807) is 18.9 Å². The Morgan fingerprint density at radius 2 is 1.58 bits per heavy atom. The first-order valence-electron chi connectivity index (χ1n) is 11.7. The first kappa shape index (κ1) is 23.2. The quantitative estimate of drug-likeness (QED) is 0.313. The summed E-state index contributed by atoms with van der Waals surface area (Å²) in [5.74, 6) is 2.54. The fraction of sp³-hybridized carbons (Fsp3) is 0.179. The van der Waals surface area contributed by atoms with E-state index in [4.69, 9.17) is 30.3 Å². The Balaban J connectivity index is 1.50. The van der Waals surface area contributed by atoms with Gasteiger partial charge >= 0.3 is 0 Å². The minimum absolute atomic E-state index is 0.487. The highest BCUT2D eigenvalue weighted by Gasteiger charge is 2.20. The predicted octanol–water partition coefficient (Wildman–Crippen LogP) is 4.80. The van der Waals surface area contributed by atoms with E-state index in [9.17, 15) is 0 Å². The summed E-state index contributed by atoms with van der Waals surface area (Å²) in [4.78, 5) is 9.57. The molecular formula is C28H28N6O2. The van der Waals surface area contributed by atoms with Crippen LogP contribution in [-0.4, -0.2) is 40.5 Å². The van der Waals surface area contributed by atoms with Crippen molar-refractivity contribution in [2.75, 3.05) is 31.8 Å². The van der Waals surface area contributed by atoms with Crippen LogP contribution in [0.3, 0.4) is 0 Å². The van der Waals surface area contributed by atoms with Crippen molar-refractivity contribution >= 4 is 22.8 Å². The maximum absolute atomic E-state index is 6.62. The van der Waals surface area contributed by atoms with Gasteiger partial charge in [0.15, 0.2) is 5.65 Å². The standard InChI is InChI=1S/C28H28N6O2/c1-35-21-14-12-19(13-15-21)16-17-30-28-31-25(22-10-6-7-11-23(22)36-2)24-26(29)34(33-27(24)32-28)18-20-8-4-3-5-9-20/h3-15H,16-18,29H2,1-2H3,(H,30,32,33). The second-order valence-electron chi connectivity index (χ2n) is 8.35. The zero-order chi connectivity index (χ0) is 24.9. The highest BCUT2D eigenvalue weighted by Crippen LogP contribution is 2.36. The van der Waals surface area contributed by atoms with Crippen LogP contribution in [0.2, 0.25) is 0 Å². The molecular weight excluding hydrogens is 452 g/mol. The Morgan fingerprint density at radius 3 is 2.33 bits per heavy atom. The van der Waals surface area contributed by atoms with Gasteiger partial charge in [0.05, 0.1) is 31.8 Å². The summed E-state index contributed by atoms with van der Waals surface area (Å²) in [5, 5.41) is 8.80. The van der Waals surface area contributed by atoms with Gasteiger partial charge < -0.3 is 20.5 Å². The van der Waals surface area contributed by atoms with Crippen molar-refractivity contribution in [3.63, 3.8) is 0 Å². The molecule has 2 heterocycles. The number of anilines is 2. The molecule has 5 aromatic rings. The third kappa shape index (κ3) is 4.79. The summed E-state index contributed by atoms with van der Waals surface area (Å²) >= 11 is 0. The number of benzene rings is 3. The lowest BCUT2D eigenvalue weighted by Crippen LogP contribution is -2.09. The highest BCUT2D eigenvalue weighted by molar-refractivity contribution is 6.00. The maximum atomic E-state index is 6.62. The van der Waals surface area contributed by atoms with Crippen LogP contribution in [0.5, 0.6) is 11.5 Å². The highest BCUT2D eigenvalue weighted by atomic mass is 16.5. The lowest BCUT2D eigenvalue weighted by molar-refractivity contribution is 0.414. The molecule has 3 aromatic carbocycles. The summed E-state index contributed by atoms with van der Waals surface area (Å²) in [6.07, 6.45) is 0.806. The molecule has 0 fully saturated rings. The molecule has 2 aromatic heterocycles. The van der Waals surface area contributed by atoms with Gasteiger partial charge in [0.1, 0.15) is 17.3 Å². The van der Waals surface area contributed by atoms with Crippen LogP contribution >= 0.6 is 0 Å². The van der Waals surface area contributed by atoms with Crippen LogP contribution < -0.4 is 20.5 Å². The van der Waals surface area contributed by atoms with Gasteiger partial charge in [-0.1, -0.05) is 54.6 Å². The van der Waals surface area contributed by atoms with Crippen molar-refractivity contribution in [3.8, 4) is 22.8 Å². The molecule has 0 radical (unpaired) electrons. The minimum Gasteiger partial charge on any atom is -0.497 e. The Hall–Kier alpha value is -4.59. The number of para-hydroxylation sites is 1. The van der Waals surface area contributed by atoms with Gasteiger partial charge in [0.2, 0.25) is 5.95 Å². The van der Waals surface area contributed by atoms with Gasteiger partial charge in [-0.15, -0.1) is 5.10 Å². The van der Waals surface area contributed by atoms with Gasteiger partial charge in [-0.25, -0.2) is 9.67 Å². The van der Waals surface area contributed by atoms with E-state index in [2.05, 4.69) is 17.4 Å². The number of rotatable bonds is 9. The fourth-order valence-electron chi connectivity index (χ4n) is 4.16. The van der Waals surface area contributed by atoms with Gasteiger partial charge in [-0.05, 0) is 41.8 Å². The zero-order valence-corrected chi connectivity index (χ0v) is 20.3. The monoisotopic (exact) mass is 480 g/mol. The number of nitrogen functional groups attached to an aromatic ring is 1. The fourth-order valence-corrected chi connectivity index (χ4v) is 4.16. The molecule has 0 aliphatic heterocycles. The molecule has 0 aliphatic carbocycles. The van der Waals surface area contributed by atoms with Crippen LogP contribution in [0.15, 0.2) is 78.9 Å². The molecule has 182 valence electrons. The third-order valence-corrected chi connectivity index (χ3v) is 6.03. The summed E-state index contributed by atoms with van der Waals surface area (Å²) < 4.78 is 12.6. The van der Waals surface area contributed by atoms with E-state index < -0.39 is 0 Å². The van der Waals surface area contributed by atoms with E-state index in [0.717, 1.165) is 23.3 Å². The van der Waals surface area contributed by atoms with E-state index in [-0.39, 0.29) is 0 Å². The summed E-state index contributed by atoms with van der Waals surface area (Å²) in [6, 6.07) is 25.9. The number of hydrogen-bond donors (Lipinski definition) is 2. The van der Waals surface area contributed by atoms with Gasteiger partial charge in [-0.2, -0.15) is 4.98 Å². The number of nitrogens with zero attached hydrogens (tertiary/aromatic N) is 4. The smallest absolute Gasteiger partial charge is 0.225 e. The largest absolute Gasteiger partial charge is 0.497 e. The molecule has 0 saturated carbocycles. The van der Waals surface area contributed by atoms with E-state index in [1.807, 2.05) is 66.7 Å². The number of hydrogen-bond acceptors (Lipinski definition) is 7. The molecule has 8 nitrogen and oxygen atoms in total. The number of nitrogens with two attached hydrogens (primary N) is 1. The SMILES string of the molecule is COc1ccc(CCNc2nc(-c3ccccc3OC)c3c(N)n(Cc4ccccc4)nc3n2)cc1. The van der Waals surface area contributed by atoms with E-state index in [1.165, 1.54) is 5.56 Å². The van der Waals surface area contributed by atoms with E-state index in [0.29, 0.717) is 47.3 Å². The third-order valence-electron chi connectivity index (χ3n) is 6.03. The van der Waals surface area contributed by atoms with Crippen LogP contribution in [0.4, 0.5) is 11.8 Å². The number of methoxy groups -OCH3 is 2. The number of fused-ring (bicyclic) bond motifs is 1. The number of aromatic nitrogens is 4.